The van der Waals surface area contributed by atoms with Gasteiger partial charge >= 0.3 is 0 Å². The van der Waals surface area contributed by atoms with Crippen LogP contribution in [-0.2, 0) is 11.3 Å². The van der Waals surface area contributed by atoms with Gasteiger partial charge in [0.2, 0.25) is 5.91 Å². The molecule has 0 aliphatic heterocycles. The summed E-state index contributed by atoms with van der Waals surface area (Å²) in [6.07, 6.45) is 4.50. The van der Waals surface area contributed by atoms with Crippen molar-refractivity contribution >= 4 is 12.0 Å². The van der Waals surface area contributed by atoms with E-state index in [1.807, 2.05) is 45.4 Å². The molecule has 2 N–H and O–H groups in total. The highest BCUT2D eigenvalue weighted by atomic mass is 16.3. The molecule has 0 bridgehead atoms. The summed E-state index contributed by atoms with van der Waals surface area (Å²) in [6.45, 7) is 11.0. The van der Waals surface area contributed by atoms with Crippen molar-refractivity contribution < 1.29 is 9.90 Å². The first-order chi connectivity index (χ1) is 9.77. The summed E-state index contributed by atoms with van der Waals surface area (Å²) in [4.78, 5) is 11.9. The van der Waals surface area contributed by atoms with E-state index < -0.39 is 6.10 Å². The van der Waals surface area contributed by atoms with Gasteiger partial charge in [0.25, 0.3) is 0 Å². The second-order valence-electron chi connectivity index (χ2n) is 6.30. The Morgan fingerprint density at radius 3 is 2.76 bits per heavy atom. The van der Waals surface area contributed by atoms with Crippen molar-refractivity contribution in [3.8, 4) is 0 Å². The molecule has 5 heteroatoms. The molecule has 1 amide bonds. The minimum Gasteiger partial charge on any atom is -0.392 e. The first-order valence-electron chi connectivity index (χ1n) is 7.43. The Bertz CT molecular complexity index is 489. The first kappa shape index (κ1) is 17.4. The lowest BCUT2D eigenvalue weighted by Crippen LogP contribution is -2.43. The van der Waals surface area contributed by atoms with Crippen molar-refractivity contribution in [1.29, 1.82) is 0 Å². The van der Waals surface area contributed by atoms with Gasteiger partial charge in [0.15, 0.2) is 0 Å². The molecule has 1 atom stereocenters. The van der Waals surface area contributed by atoms with Gasteiger partial charge in [-0.3, -0.25) is 9.48 Å². The number of hydrogen-bond donors (Lipinski definition) is 2. The highest BCUT2D eigenvalue weighted by Crippen LogP contribution is 2.24. The summed E-state index contributed by atoms with van der Waals surface area (Å²) in [7, 11) is 0. The van der Waals surface area contributed by atoms with Gasteiger partial charge in [0.05, 0.1) is 11.8 Å². The molecule has 118 valence electrons. The Kier molecular flexibility index (Phi) is 6.15. The molecule has 0 aliphatic rings. The number of aliphatic hydroxyl groups is 1. The monoisotopic (exact) mass is 293 g/mol. The number of aromatic nitrogens is 2. The lowest BCUT2D eigenvalue weighted by atomic mass is 9.81. The maximum absolute atomic E-state index is 11.9. The van der Waals surface area contributed by atoms with Gasteiger partial charge in [-0.25, -0.2) is 0 Å². The fraction of sp³-hybridized carbons (Fsp3) is 0.625. The number of amides is 1. The van der Waals surface area contributed by atoms with Crippen molar-refractivity contribution in [1.82, 2.24) is 15.1 Å². The number of rotatable bonds is 7. The van der Waals surface area contributed by atoms with Crippen LogP contribution in [0.3, 0.4) is 0 Å². The third-order valence-electron chi connectivity index (χ3n) is 3.60. The fourth-order valence-electron chi connectivity index (χ4n) is 2.29. The number of hydrogen-bond acceptors (Lipinski definition) is 3. The summed E-state index contributed by atoms with van der Waals surface area (Å²) in [6, 6.07) is 1.86. The van der Waals surface area contributed by atoms with Crippen LogP contribution in [0.2, 0.25) is 0 Å². The van der Waals surface area contributed by atoms with Crippen LogP contribution in [0, 0.1) is 11.3 Å². The highest BCUT2D eigenvalue weighted by molar-refractivity contribution is 5.91. The average Bonchev–Trinajstić information content (AvgIpc) is 2.89. The van der Waals surface area contributed by atoms with Gasteiger partial charge < -0.3 is 10.4 Å². The summed E-state index contributed by atoms with van der Waals surface area (Å²) >= 11 is 0. The van der Waals surface area contributed by atoms with Crippen LogP contribution in [-0.4, -0.2) is 33.4 Å². The Labute approximate surface area is 127 Å². The van der Waals surface area contributed by atoms with Crippen molar-refractivity contribution in [3.63, 3.8) is 0 Å². The molecule has 1 aromatic rings. The molecule has 1 rings (SSSR count). The molecule has 5 nitrogen and oxygen atoms in total. The van der Waals surface area contributed by atoms with Gasteiger partial charge in [-0.1, -0.05) is 27.7 Å². The van der Waals surface area contributed by atoms with Crippen LogP contribution in [0.4, 0.5) is 0 Å². The Hall–Kier alpha value is -1.62. The summed E-state index contributed by atoms with van der Waals surface area (Å²) in [5.74, 6) is -0.00534. The molecule has 0 radical (unpaired) electrons. The predicted molar refractivity (Wildman–Crippen MR) is 84.6 cm³/mol. The van der Waals surface area contributed by atoms with E-state index in [-0.39, 0.29) is 17.2 Å². The van der Waals surface area contributed by atoms with E-state index in [0.717, 1.165) is 12.2 Å². The number of carbonyl (C=O) groups excluding carboxylic acids is 1. The van der Waals surface area contributed by atoms with Crippen molar-refractivity contribution in [3.05, 3.63) is 24.0 Å². The van der Waals surface area contributed by atoms with E-state index in [2.05, 4.69) is 10.4 Å². The molecular formula is C16H27N3O2. The zero-order valence-electron chi connectivity index (χ0n) is 13.6. The minimum atomic E-state index is -0.455. The van der Waals surface area contributed by atoms with Crippen LogP contribution < -0.4 is 5.32 Å². The van der Waals surface area contributed by atoms with Gasteiger partial charge in [0, 0.05) is 30.8 Å². The Morgan fingerprint density at radius 1 is 1.52 bits per heavy atom. The topological polar surface area (TPSA) is 67.2 Å². The van der Waals surface area contributed by atoms with Gasteiger partial charge in [-0.2, -0.15) is 5.10 Å². The maximum Gasteiger partial charge on any atom is 0.244 e. The van der Waals surface area contributed by atoms with Gasteiger partial charge in [-0.15, -0.1) is 0 Å². The normalized spacial score (nSPS) is 13.9. The van der Waals surface area contributed by atoms with Crippen LogP contribution in [0.1, 0.15) is 40.3 Å². The quantitative estimate of drug-likeness (QED) is 0.756. The molecule has 0 aliphatic carbocycles. The average molecular weight is 293 g/mol. The molecule has 1 unspecified atom stereocenters. The number of nitrogens with zero attached hydrogens (tertiary/aromatic N) is 2. The van der Waals surface area contributed by atoms with E-state index >= 15 is 0 Å². The molecule has 0 saturated carbocycles. The molecule has 1 heterocycles. The molecule has 0 saturated heterocycles. The van der Waals surface area contributed by atoms with Crippen molar-refractivity contribution in [2.24, 2.45) is 11.3 Å². The molecule has 0 fully saturated rings. The minimum absolute atomic E-state index is 0.159. The SMILES string of the molecule is CCn1nccc1/C=C/C(=O)NCC(C)(C)C(O)C(C)C. The standard InChI is InChI=1S/C16H27N3O2/c1-6-19-13(9-10-18-19)7-8-14(20)17-11-16(4,5)15(21)12(2)3/h7-10,12,15,21H,6,11H2,1-5H3,(H,17,20)/b8-7+. The fourth-order valence-corrected chi connectivity index (χ4v) is 2.29. The number of carbonyl (C=O) groups is 1. The molecule has 0 aromatic carbocycles. The van der Waals surface area contributed by atoms with E-state index in [0.29, 0.717) is 6.54 Å². The highest BCUT2D eigenvalue weighted by Gasteiger charge is 2.30. The maximum atomic E-state index is 11.9. The summed E-state index contributed by atoms with van der Waals surface area (Å²) < 4.78 is 1.82. The van der Waals surface area contributed by atoms with E-state index in [4.69, 9.17) is 0 Å². The Balaban J connectivity index is 2.55. The van der Waals surface area contributed by atoms with E-state index in [9.17, 15) is 9.90 Å². The third-order valence-corrected chi connectivity index (χ3v) is 3.60. The largest absolute Gasteiger partial charge is 0.392 e. The van der Waals surface area contributed by atoms with Crippen molar-refractivity contribution in [2.75, 3.05) is 6.54 Å². The molecule has 1 aromatic heterocycles. The third kappa shape index (κ3) is 5.01. The first-order valence-corrected chi connectivity index (χ1v) is 7.43. The zero-order chi connectivity index (χ0) is 16.0. The number of aryl methyl sites for hydroxylation is 1. The lowest BCUT2D eigenvalue weighted by Gasteiger charge is -2.33. The molecular weight excluding hydrogens is 266 g/mol. The van der Waals surface area contributed by atoms with Crippen LogP contribution in [0.15, 0.2) is 18.3 Å². The second-order valence-corrected chi connectivity index (χ2v) is 6.30. The van der Waals surface area contributed by atoms with Crippen LogP contribution >= 0.6 is 0 Å². The number of aliphatic hydroxyl groups excluding tert-OH is 1. The summed E-state index contributed by atoms with van der Waals surface area (Å²) in [5, 5.41) is 17.1. The molecule has 21 heavy (non-hydrogen) atoms. The van der Waals surface area contributed by atoms with Crippen LogP contribution in [0.5, 0.6) is 0 Å². The zero-order valence-corrected chi connectivity index (χ0v) is 13.6. The second kappa shape index (κ2) is 7.41. The van der Waals surface area contributed by atoms with Crippen LogP contribution in [0.25, 0.3) is 6.08 Å². The van der Waals surface area contributed by atoms with Gasteiger partial charge in [0.1, 0.15) is 0 Å². The van der Waals surface area contributed by atoms with E-state index in [1.54, 1.807) is 12.3 Å². The van der Waals surface area contributed by atoms with Gasteiger partial charge in [-0.05, 0) is 25.0 Å². The van der Waals surface area contributed by atoms with Crippen molar-refractivity contribution in [2.45, 2.75) is 47.3 Å². The number of nitrogens with one attached hydrogen (secondary N) is 1. The smallest absolute Gasteiger partial charge is 0.244 e. The predicted octanol–water partition coefficient (Wildman–Crippen LogP) is 2.08. The molecule has 0 spiro atoms. The Morgan fingerprint density at radius 2 is 2.19 bits per heavy atom. The van der Waals surface area contributed by atoms with E-state index in [1.165, 1.54) is 6.08 Å². The summed E-state index contributed by atoms with van der Waals surface area (Å²) in [5.41, 5.74) is 0.539. The lowest BCUT2D eigenvalue weighted by molar-refractivity contribution is -0.117.